The van der Waals surface area contributed by atoms with E-state index in [2.05, 4.69) is 9.97 Å². The maximum atomic E-state index is 13.6. The number of carbonyl (C=O) groups excluding carboxylic acids is 1. The highest BCUT2D eigenvalue weighted by Gasteiger charge is 2.31. The first-order chi connectivity index (χ1) is 14.5. The minimum atomic E-state index is -4.44. The Hall–Kier alpha value is -2.88. The lowest BCUT2D eigenvalue weighted by molar-refractivity contribution is -0.139. The van der Waals surface area contributed by atoms with Crippen molar-refractivity contribution in [3.8, 4) is 5.75 Å². The van der Waals surface area contributed by atoms with E-state index in [1.165, 1.54) is 11.0 Å². The van der Waals surface area contributed by atoms with Gasteiger partial charge in [-0.05, 0) is 26.0 Å². The number of amides is 1. The summed E-state index contributed by atoms with van der Waals surface area (Å²) in [4.78, 5) is 23.0. The number of nitrogens with zero attached hydrogens (tertiary/aromatic N) is 3. The molecule has 3 rings (SSSR count). The van der Waals surface area contributed by atoms with E-state index in [0.29, 0.717) is 33.5 Å². The lowest BCUT2D eigenvalue weighted by atomic mass is 10.1. The normalized spacial score (nSPS) is 14.4. The molecular weight excluding hydrogens is 440 g/mol. The second kappa shape index (κ2) is 8.70. The van der Waals surface area contributed by atoms with Crippen LogP contribution in [0.1, 0.15) is 34.0 Å². The van der Waals surface area contributed by atoms with Gasteiger partial charge in [0.15, 0.2) is 5.82 Å². The van der Waals surface area contributed by atoms with Crippen LogP contribution in [0, 0.1) is 19.7 Å². The van der Waals surface area contributed by atoms with Gasteiger partial charge in [0.1, 0.15) is 11.6 Å². The molecule has 1 aliphatic rings. The molecule has 2 N–H and O–H groups in total. The van der Waals surface area contributed by atoms with Crippen molar-refractivity contribution in [3.63, 3.8) is 0 Å². The molecular formula is C20H19ClF4N4O2. The van der Waals surface area contributed by atoms with Crippen molar-refractivity contribution in [2.75, 3.05) is 19.7 Å². The van der Waals surface area contributed by atoms with Crippen LogP contribution in [-0.2, 0) is 0 Å². The maximum absolute atomic E-state index is 13.6. The van der Waals surface area contributed by atoms with Crippen LogP contribution < -0.4 is 10.5 Å². The van der Waals surface area contributed by atoms with E-state index < -0.39 is 30.9 Å². The van der Waals surface area contributed by atoms with Crippen LogP contribution in [0.3, 0.4) is 0 Å². The largest absolute Gasteiger partial charge is 0.492 e. The SMILES string of the molecule is Cc1nc(C2=C(N)CN(C(=O)c3ccc(F)cc3OCCC(F)(F)F)C2)nc(C)c1Cl. The predicted octanol–water partition coefficient (Wildman–Crippen LogP) is 4.04. The van der Waals surface area contributed by atoms with Crippen molar-refractivity contribution in [1.29, 1.82) is 0 Å². The fourth-order valence-electron chi connectivity index (χ4n) is 3.08. The summed E-state index contributed by atoms with van der Waals surface area (Å²) in [5, 5.41) is 0.431. The van der Waals surface area contributed by atoms with Gasteiger partial charge in [-0.25, -0.2) is 14.4 Å². The van der Waals surface area contributed by atoms with Gasteiger partial charge in [0.2, 0.25) is 0 Å². The molecule has 0 aliphatic carbocycles. The smallest absolute Gasteiger partial charge is 0.392 e. The highest BCUT2D eigenvalue weighted by atomic mass is 35.5. The van der Waals surface area contributed by atoms with Gasteiger partial charge < -0.3 is 15.4 Å². The first-order valence-electron chi connectivity index (χ1n) is 9.23. The summed E-state index contributed by atoms with van der Waals surface area (Å²) in [6, 6.07) is 3.08. The van der Waals surface area contributed by atoms with E-state index in [1.54, 1.807) is 13.8 Å². The first kappa shape index (κ1) is 22.8. The summed E-state index contributed by atoms with van der Waals surface area (Å²) in [7, 11) is 0. The lowest BCUT2D eigenvalue weighted by Crippen LogP contribution is -2.30. The number of rotatable bonds is 5. The van der Waals surface area contributed by atoms with Crippen molar-refractivity contribution in [2.45, 2.75) is 26.4 Å². The molecule has 0 saturated heterocycles. The van der Waals surface area contributed by atoms with E-state index in [4.69, 9.17) is 22.1 Å². The van der Waals surface area contributed by atoms with E-state index in [0.717, 1.165) is 12.1 Å². The molecule has 2 heterocycles. The van der Waals surface area contributed by atoms with Gasteiger partial charge in [0.05, 0.1) is 48.1 Å². The monoisotopic (exact) mass is 458 g/mol. The van der Waals surface area contributed by atoms with Crippen LogP contribution in [-0.4, -0.2) is 46.6 Å². The van der Waals surface area contributed by atoms with Gasteiger partial charge in [0.25, 0.3) is 5.91 Å². The van der Waals surface area contributed by atoms with Crippen LogP contribution in [0.2, 0.25) is 5.02 Å². The summed E-state index contributed by atoms with van der Waals surface area (Å²) in [5.41, 5.74) is 8.07. The third kappa shape index (κ3) is 5.25. The van der Waals surface area contributed by atoms with Gasteiger partial charge in [0, 0.05) is 17.3 Å². The third-order valence-electron chi connectivity index (χ3n) is 4.65. The standard InChI is InChI=1S/C20H19ClF4N4O2/c1-10-17(21)11(2)28-18(27-10)14-8-29(9-15(14)26)19(30)13-4-3-12(22)7-16(13)31-6-5-20(23,24)25/h3-4,7H,5-6,8-9,26H2,1-2H3. The summed E-state index contributed by atoms with van der Waals surface area (Å²) >= 11 is 6.10. The number of ether oxygens (including phenoxy) is 1. The number of halogens is 5. The number of hydrogen-bond acceptors (Lipinski definition) is 5. The van der Waals surface area contributed by atoms with E-state index in [-0.39, 0.29) is 24.4 Å². The van der Waals surface area contributed by atoms with Gasteiger partial charge >= 0.3 is 6.18 Å². The number of nitrogens with two attached hydrogens (primary N) is 1. The van der Waals surface area contributed by atoms with Crippen LogP contribution >= 0.6 is 11.6 Å². The Balaban J connectivity index is 1.80. The zero-order chi connectivity index (χ0) is 22.9. The van der Waals surface area contributed by atoms with E-state index in [9.17, 15) is 22.4 Å². The molecule has 0 radical (unpaired) electrons. The van der Waals surface area contributed by atoms with E-state index in [1.807, 2.05) is 0 Å². The fraction of sp³-hybridized carbons (Fsp3) is 0.350. The average Bonchev–Trinajstić information content (AvgIpc) is 3.06. The number of alkyl halides is 3. The molecule has 2 aromatic rings. The minimum absolute atomic E-state index is 0.0532. The van der Waals surface area contributed by atoms with Crippen molar-refractivity contribution >= 4 is 23.1 Å². The Bertz CT molecular complexity index is 1030. The van der Waals surface area contributed by atoms with Crippen LogP contribution in [0.25, 0.3) is 5.57 Å². The quantitative estimate of drug-likeness (QED) is 0.684. The molecule has 11 heteroatoms. The summed E-state index contributed by atoms with van der Waals surface area (Å²) in [6.07, 6.45) is -5.67. The zero-order valence-corrected chi connectivity index (χ0v) is 17.4. The molecule has 0 spiro atoms. The Morgan fingerprint density at radius 2 is 1.87 bits per heavy atom. The number of carbonyl (C=O) groups is 1. The molecule has 0 unspecified atom stereocenters. The lowest BCUT2D eigenvalue weighted by Gasteiger charge is -2.19. The second-order valence-corrected chi connectivity index (χ2v) is 7.43. The molecule has 0 fully saturated rings. The molecule has 0 saturated carbocycles. The molecule has 1 aliphatic heterocycles. The summed E-state index contributed by atoms with van der Waals surface area (Å²) < 4.78 is 55.9. The summed E-state index contributed by atoms with van der Waals surface area (Å²) in [6.45, 7) is 2.83. The molecule has 6 nitrogen and oxygen atoms in total. The predicted molar refractivity (Wildman–Crippen MR) is 106 cm³/mol. The Kier molecular flexibility index (Phi) is 6.40. The van der Waals surface area contributed by atoms with E-state index >= 15 is 0 Å². The van der Waals surface area contributed by atoms with Gasteiger partial charge in [-0.15, -0.1) is 0 Å². The molecule has 166 valence electrons. The number of aryl methyl sites for hydroxylation is 2. The average molecular weight is 459 g/mol. The Morgan fingerprint density at radius 1 is 1.23 bits per heavy atom. The highest BCUT2D eigenvalue weighted by Crippen LogP contribution is 2.29. The van der Waals surface area contributed by atoms with Crippen LogP contribution in [0.5, 0.6) is 5.75 Å². The molecule has 1 aromatic heterocycles. The molecule has 0 atom stereocenters. The zero-order valence-electron chi connectivity index (χ0n) is 16.7. The number of benzene rings is 1. The fourth-order valence-corrected chi connectivity index (χ4v) is 3.17. The van der Waals surface area contributed by atoms with Crippen LogP contribution in [0.15, 0.2) is 23.9 Å². The Labute approximate surface area is 180 Å². The number of hydrogen-bond donors (Lipinski definition) is 1. The Morgan fingerprint density at radius 3 is 2.48 bits per heavy atom. The van der Waals surface area contributed by atoms with Gasteiger partial charge in [-0.3, -0.25) is 4.79 Å². The molecule has 1 amide bonds. The molecule has 0 bridgehead atoms. The van der Waals surface area contributed by atoms with Crippen molar-refractivity contribution in [1.82, 2.24) is 14.9 Å². The topological polar surface area (TPSA) is 81.3 Å². The van der Waals surface area contributed by atoms with Gasteiger partial charge in [-0.1, -0.05) is 11.6 Å². The summed E-state index contributed by atoms with van der Waals surface area (Å²) in [5.74, 6) is -1.23. The second-order valence-electron chi connectivity index (χ2n) is 7.05. The van der Waals surface area contributed by atoms with Crippen molar-refractivity contribution in [2.24, 2.45) is 5.73 Å². The van der Waals surface area contributed by atoms with Crippen LogP contribution in [0.4, 0.5) is 17.6 Å². The number of aromatic nitrogens is 2. The first-order valence-corrected chi connectivity index (χ1v) is 9.61. The molecule has 31 heavy (non-hydrogen) atoms. The molecule has 1 aromatic carbocycles. The van der Waals surface area contributed by atoms with Gasteiger partial charge in [-0.2, -0.15) is 13.2 Å². The van der Waals surface area contributed by atoms with Crippen molar-refractivity contribution in [3.05, 3.63) is 57.5 Å². The maximum Gasteiger partial charge on any atom is 0.392 e. The highest BCUT2D eigenvalue weighted by molar-refractivity contribution is 6.31. The third-order valence-corrected chi connectivity index (χ3v) is 5.20. The minimum Gasteiger partial charge on any atom is -0.492 e. The van der Waals surface area contributed by atoms with Crippen molar-refractivity contribution < 1.29 is 27.1 Å².